The summed E-state index contributed by atoms with van der Waals surface area (Å²) in [6.07, 6.45) is 5.42. The predicted octanol–water partition coefficient (Wildman–Crippen LogP) is 4.24. The lowest BCUT2D eigenvalue weighted by molar-refractivity contribution is 0.236. The molecule has 0 unspecified atom stereocenters. The van der Waals surface area contributed by atoms with Gasteiger partial charge in [0.15, 0.2) is 0 Å². The molecule has 0 saturated heterocycles. The lowest BCUT2D eigenvalue weighted by Gasteiger charge is -2.23. The van der Waals surface area contributed by atoms with Crippen LogP contribution < -0.4 is 4.74 Å². The third kappa shape index (κ3) is 5.26. The predicted molar refractivity (Wildman–Crippen MR) is 104 cm³/mol. The molecular formula is C22H23N3O. The first kappa shape index (κ1) is 17.8. The van der Waals surface area contributed by atoms with Gasteiger partial charge in [-0.25, -0.2) is 0 Å². The highest BCUT2D eigenvalue weighted by molar-refractivity contribution is 5.33. The standard InChI is InChI=1S/C22H23N3O/c1-2-15-26-22-12-4-3-9-19(22)16-25(17-20-10-5-7-13-23-20)18-21-11-6-8-14-24-21/h2-14H,1,15-18H2. The zero-order valence-electron chi connectivity index (χ0n) is 14.8. The Labute approximate surface area is 154 Å². The maximum absolute atomic E-state index is 5.81. The molecule has 3 aromatic rings. The minimum absolute atomic E-state index is 0.498. The van der Waals surface area contributed by atoms with E-state index in [-0.39, 0.29) is 0 Å². The first-order valence-electron chi connectivity index (χ1n) is 8.69. The molecule has 4 nitrogen and oxygen atoms in total. The van der Waals surface area contributed by atoms with Crippen molar-refractivity contribution in [2.75, 3.05) is 6.61 Å². The van der Waals surface area contributed by atoms with Crippen molar-refractivity contribution < 1.29 is 4.74 Å². The van der Waals surface area contributed by atoms with Gasteiger partial charge in [-0.3, -0.25) is 14.9 Å². The summed E-state index contributed by atoms with van der Waals surface area (Å²) < 4.78 is 5.81. The Balaban J connectivity index is 1.80. The van der Waals surface area contributed by atoms with Crippen molar-refractivity contribution in [2.24, 2.45) is 0 Å². The zero-order chi connectivity index (χ0) is 18.0. The van der Waals surface area contributed by atoms with Crippen LogP contribution in [0.1, 0.15) is 17.0 Å². The van der Waals surface area contributed by atoms with Crippen LogP contribution in [0.25, 0.3) is 0 Å². The number of hydrogen-bond acceptors (Lipinski definition) is 4. The normalized spacial score (nSPS) is 10.7. The summed E-state index contributed by atoms with van der Waals surface area (Å²) >= 11 is 0. The summed E-state index contributed by atoms with van der Waals surface area (Å²) in [7, 11) is 0. The molecule has 132 valence electrons. The molecule has 0 amide bonds. The number of rotatable bonds is 9. The minimum Gasteiger partial charge on any atom is -0.489 e. The quantitative estimate of drug-likeness (QED) is 0.544. The molecule has 0 aliphatic rings. The van der Waals surface area contributed by atoms with Crippen molar-refractivity contribution in [3.8, 4) is 5.75 Å². The van der Waals surface area contributed by atoms with Crippen LogP contribution in [0.3, 0.4) is 0 Å². The molecule has 0 aliphatic heterocycles. The fraction of sp³-hybridized carbons (Fsp3) is 0.182. The Bertz CT molecular complexity index is 764. The largest absolute Gasteiger partial charge is 0.489 e. The number of ether oxygens (including phenoxy) is 1. The summed E-state index contributed by atoms with van der Waals surface area (Å²) in [4.78, 5) is 11.3. The molecule has 3 rings (SSSR count). The van der Waals surface area contributed by atoms with Crippen LogP contribution in [0.4, 0.5) is 0 Å². The first-order chi connectivity index (χ1) is 12.8. The molecule has 0 N–H and O–H groups in total. The Morgan fingerprint density at radius 2 is 1.42 bits per heavy atom. The SMILES string of the molecule is C=CCOc1ccccc1CN(Cc1ccccn1)Cc1ccccn1. The van der Waals surface area contributed by atoms with Crippen molar-refractivity contribution in [1.29, 1.82) is 0 Å². The molecule has 2 aromatic heterocycles. The molecular weight excluding hydrogens is 322 g/mol. The minimum atomic E-state index is 0.498. The van der Waals surface area contributed by atoms with E-state index in [0.29, 0.717) is 6.61 Å². The third-order valence-corrected chi connectivity index (χ3v) is 3.95. The van der Waals surface area contributed by atoms with Crippen molar-refractivity contribution in [3.63, 3.8) is 0 Å². The molecule has 2 heterocycles. The summed E-state index contributed by atoms with van der Waals surface area (Å²) in [5, 5.41) is 0. The van der Waals surface area contributed by atoms with Crippen LogP contribution in [0.5, 0.6) is 5.75 Å². The second-order valence-electron chi connectivity index (χ2n) is 5.99. The number of nitrogens with zero attached hydrogens (tertiary/aromatic N) is 3. The first-order valence-corrected chi connectivity index (χ1v) is 8.69. The van der Waals surface area contributed by atoms with E-state index >= 15 is 0 Å². The monoisotopic (exact) mass is 345 g/mol. The van der Waals surface area contributed by atoms with E-state index in [2.05, 4.69) is 27.5 Å². The second kappa shape index (κ2) is 9.49. The van der Waals surface area contributed by atoms with Gasteiger partial charge in [-0.05, 0) is 30.3 Å². The van der Waals surface area contributed by atoms with Gasteiger partial charge >= 0.3 is 0 Å². The maximum Gasteiger partial charge on any atom is 0.124 e. The molecule has 0 radical (unpaired) electrons. The van der Waals surface area contributed by atoms with Crippen molar-refractivity contribution in [1.82, 2.24) is 14.9 Å². The Morgan fingerprint density at radius 3 is 2.00 bits per heavy atom. The van der Waals surface area contributed by atoms with Gasteiger partial charge in [-0.15, -0.1) is 0 Å². The average Bonchev–Trinajstić information content (AvgIpc) is 2.69. The van der Waals surface area contributed by atoms with Crippen molar-refractivity contribution in [3.05, 3.63) is 103 Å². The maximum atomic E-state index is 5.81. The van der Waals surface area contributed by atoms with Crippen LogP contribution >= 0.6 is 0 Å². The van der Waals surface area contributed by atoms with E-state index in [1.807, 2.05) is 67.0 Å². The summed E-state index contributed by atoms with van der Waals surface area (Å²) in [6.45, 7) is 6.46. The van der Waals surface area contributed by atoms with Gasteiger partial charge in [-0.1, -0.05) is 43.0 Å². The number of aromatic nitrogens is 2. The molecule has 0 fully saturated rings. The zero-order valence-corrected chi connectivity index (χ0v) is 14.8. The van der Waals surface area contributed by atoms with E-state index in [1.165, 1.54) is 0 Å². The number of para-hydroxylation sites is 1. The lowest BCUT2D eigenvalue weighted by atomic mass is 10.1. The van der Waals surface area contributed by atoms with Crippen LogP contribution in [-0.2, 0) is 19.6 Å². The Hall–Kier alpha value is -2.98. The second-order valence-corrected chi connectivity index (χ2v) is 5.99. The molecule has 0 saturated carbocycles. The lowest BCUT2D eigenvalue weighted by Crippen LogP contribution is -2.23. The van der Waals surface area contributed by atoms with Gasteiger partial charge in [0.2, 0.25) is 0 Å². The van der Waals surface area contributed by atoms with Gasteiger partial charge in [-0.2, -0.15) is 0 Å². The highest BCUT2D eigenvalue weighted by Gasteiger charge is 2.12. The number of pyridine rings is 2. The van der Waals surface area contributed by atoms with Gasteiger partial charge in [0.1, 0.15) is 12.4 Å². The van der Waals surface area contributed by atoms with E-state index in [1.54, 1.807) is 6.08 Å². The van der Waals surface area contributed by atoms with E-state index in [9.17, 15) is 0 Å². The van der Waals surface area contributed by atoms with Crippen LogP contribution in [0.15, 0.2) is 85.7 Å². The van der Waals surface area contributed by atoms with E-state index in [0.717, 1.165) is 42.3 Å². The van der Waals surface area contributed by atoms with Crippen LogP contribution in [-0.4, -0.2) is 21.5 Å². The smallest absolute Gasteiger partial charge is 0.124 e. The fourth-order valence-electron chi connectivity index (χ4n) is 2.77. The van der Waals surface area contributed by atoms with E-state index < -0.39 is 0 Å². The van der Waals surface area contributed by atoms with Crippen molar-refractivity contribution in [2.45, 2.75) is 19.6 Å². The highest BCUT2D eigenvalue weighted by atomic mass is 16.5. The van der Waals surface area contributed by atoms with Crippen LogP contribution in [0.2, 0.25) is 0 Å². The van der Waals surface area contributed by atoms with Crippen molar-refractivity contribution >= 4 is 0 Å². The number of benzene rings is 1. The summed E-state index contributed by atoms with van der Waals surface area (Å²) in [5.74, 6) is 0.888. The van der Waals surface area contributed by atoms with Gasteiger partial charge in [0.05, 0.1) is 11.4 Å². The molecule has 0 atom stereocenters. The Morgan fingerprint density at radius 1 is 0.808 bits per heavy atom. The van der Waals surface area contributed by atoms with Crippen LogP contribution in [0, 0.1) is 0 Å². The van der Waals surface area contributed by atoms with E-state index in [4.69, 9.17) is 4.74 Å². The molecule has 0 aliphatic carbocycles. The summed E-state index contributed by atoms with van der Waals surface area (Å²) in [5.41, 5.74) is 3.21. The Kier molecular flexibility index (Phi) is 6.51. The average molecular weight is 345 g/mol. The molecule has 1 aromatic carbocycles. The molecule has 0 bridgehead atoms. The molecule has 0 spiro atoms. The summed E-state index contributed by atoms with van der Waals surface area (Å²) in [6, 6.07) is 20.1. The van der Waals surface area contributed by atoms with Gasteiger partial charge in [0.25, 0.3) is 0 Å². The third-order valence-electron chi connectivity index (χ3n) is 3.95. The van der Waals surface area contributed by atoms with Gasteiger partial charge in [0, 0.05) is 37.6 Å². The molecule has 4 heteroatoms. The van der Waals surface area contributed by atoms with Gasteiger partial charge < -0.3 is 4.74 Å². The topological polar surface area (TPSA) is 38.2 Å². The highest BCUT2D eigenvalue weighted by Crippen LogP contribution is 2.21. The molecule has 26 heavy (non-hydrogen) atoms. The fourth-order valence-corrected chi connectivity index (χ4v) is 2.77. The number of hydrogen-bond donors (Lipinski definition) is 0.